The SMILES string of the molecule is CCCCN(C(=O)CN1CC(c2ccc3c(c2)CCO3)C(C(=O)O)C1CC(C)(C)C1OCCO1)c1cccnc1. The Morgan fingerprint density at radius 3 is 2.67 bits per heavy atom. The van der Waals surface area contributed by atoms with Gasteiger partial charge in [-0.25, -0.2) is 0 Å². The molecule has 40 heavy (non-hydrogen) atoms. The quantitative estimate of drug-likeness (QED) is 0.445. The van der Waals surface area contributed by atoms with Crippen molar-refractivity contribution in [3.63, 3.8) is 0 Å². The number of aromatic nitrogens is 1. The Morgan fingerprint density at radius 1 is 1.18 bits per heavy atom. The first kappa shape index (κ1) is 28.5. The summed E-state index contributed by atoms with van der Waals surface area (Å²) in [6.45, 7) is 9.11. The molecular weight excluding hydrogens is 510 g/mol. The van der Waals surface area contributed by atoms with Crippen molar-refractivity contribution in [1.29, 1.82) is 0 Å². The van der Waals surface area contributed by atoms with Gasteiger partial charge < -0.3 is 24.2 Å². The van der Waals surface area contributed by atoms with E-state index in [2.05, 4.69) is 36.7 Å². The number of carbonyl (C=O) groups excluding carboxylic acids is 1. The lowest BCUT2D eigenvalue weighted by Crippen LogP contribution is -2.47. The Hall–Kier alpha value is -3.01. The number of amides is 1. The number of hydrogen-bond donors (Lipinski definition) is 1. The first-order chi connectivity index (χ1) is 19.3. The second kappa shape index (κ2) is 12.2. The van der Waals surface area contributed by atoms with E-state index in [1.807, 2.05) is 24.3 Å². The van der Waals surface area contributed by atoms with Crippen LogP contribution in [0.3, 0.4) is 0 Å². The summed E-state index contributed by atoms with van der Waals surface area (Å²) in [5.41, 5.74) is 2.41. The van der Waals surface area contributed by atoms with Crippen LogP contribution in [0, 0.1) is 11.3 Å². The Morgan fingerprint density at radius 2 is 1.98 bits per heavy atom. The van der Waals surface area contributed by atoms with E-state index in [0.717, 1.165) is 41.8 Å². The van der Waals surface area contributed by atoms with Crippen LogP contribution in [0.1, 0.15) is 57.1 Å². The lowest BCUT2D eigenvalue weighted by molar-refractivity contribution is -0.147. The molecule has 2 aromatic rings. The minimum absolute atomic E-state index is 0.0511. The third kappa shape index (κ3) is 6.01. The zero-order chi connectivity index (χ0) is 28.3. The van der Waals surface area contributed by atoms with Gasteiger partial charge in [-0.2, -0.15) is 0 Å². The molecule has 0 aliphatic carbocycles. The van der Waals surface area contributed by atoms with Gasteiger partial charge in [0.25, 0.3) is 0 Å². The second-order valence-electron chi connectivity index (χ2n) is 11.8. The topological polar surface area (TPSA) is 101 Å². The van der Waals surface area contributed by atoms with Crippen molar-refractivity contribution < 1.29 is 28.9 Å². The third-order valence-corrected chi connectivity index (χ3v) is 8.50. The summed E-state index contributed by atoms with van der Waals surface area (Å²) in [6, 6.07) is 9.40. The highest BCUT2D eigenvalue weighted by molar-refractivity contribution is 5.94. The number of carboxylic acid groups (broad SMARTS) is 1. The van der Waals surface area contributed by atoms with Crippen LogP contribution < -0.4 is 9.64 Å². The number of unbranched alkanes of at least 4 members (excludes halogenated alkanes) is 1. The molecule has 5 rings (SSSR count). The molecule has 0 spiro atoms. The molecule has 1 aromatic carbocycles. The maximum atomic E-state index is 13.9. The summed E-state index contributed by atoms with van der Waals surface area (Å²) in [4.78, 5) is 34.9. The number of carboxylic acids is 1. The largest absolute Gasteiger partial charge is 0.493 e. The smallest absolute Gasteiger partial charge is 0.308 e. The van der Waals surface area contributed by atoms with Gasteiger partial charge in [0.1, 0.15) is 5.75 Å². The summed E-state index contributed by atoms with van der Waals surface area (Å²) >= 11 is 0. The predicted octanol–water partition coefficient (Wildman–Crippen LogP) is 4.11. The number of anilines is 1. The fourth-order valence-corrected chi connectivity index (χ4v) is 6.45. The van der Waals surface area contributed by atoms with E-state index in [9.17, 15) is 14.7 Å². The number of rotatable bonds is 11. The van der Waals surface area contributed by atoms with Crippen molar-refractivity contribution >= 4 is 17.6 Å². The number of nitrogens with zero attached hydrogens (tertiary/aromatic N) is 3. The molecule has 1 amide bonds. The third-order valence-electron chi connectivity index (χ3n) is 8.50. The number of hydrogen-bond acceptors (Lipinski definition) is 7. The van der Waals surface area contributed by atoms with E-state index in [0.29, 0.717) is 39.3 Å². The molecule has 2 saturated heterocycles. The van der Waals surface area contributed by atoms with Crippen molar-refractivity contribution in [1.82, 2.24) is 9.88 Å². The van der Waals surface area contributed by atoms with Gasteiger partial charge in [0.2, 0.25) is 5.91 Å². The zero-order valence-corrected chi connectivity index (χ0v) is 23.8. The van der Waals surface area contributed by atoms with E-state index >= 15 is 0 Å². The van der Waals surface area contributed by atoms with Gasteiger partial charge in [0, 0.05) is 43.1 Å². The number of fused-ring (bicyclic) bond motifs is 1. The van der Waals surface area contributed by atoms with Crippen molar-refractivity contribution in [3.8, 4) is 5.75 Å². The van der Waals surface area contributed by atoms with Crippen LogP contribution in [0.15, 0.2) is 42.7 Å². The Labute approximate surface area is 236 Å². The van der Waals surface area contributed by atoms with Crippen molar-refractivity contribution in [2.75, 3.05) is 44.4 Å². The average molecular weight is 552 g/mol. The Kier molecular flexibility index (Phi) is 8.73. The molecule has 216 valence electrons. The average Bonchev–Trinajstić information content (AvgIpc) is 3.70. The number of aliphatic carboxylic acids is 1. The van der Waals surface area contributed by atoms with Crippen LogP contribution in [-0.4, -0.2) is 78.7 Å². The molecule has 0 bridgehead atoms. The van der Waals surface area contributed by atoms with Gasteiger partial charge in [-0.3, -0.25) is 19.5 Å². The van der Waals surface area contributed by atoms with Crippen molar-refractivity contribution in [2.24, 2.45) is 11.3 Å². The fraction of sp³-hybridized carbons (Fsp3) is 0.581. The molecule has 9 nitrogen and oxygen atoms in total. The second-order valence-corrected chi connectivity index (χ2v) is 11.8. The zero-order valence-electron chi connectivity index (χ0n) is 23.8. The van der Waals surface area contributed by atoms with Gasteiger partial charge >= 0.3 is 5.97 Å². The normalized spacial score (nSPS) is 23.2. The summed E-state index contributed by atoms with van der Waals surface area (Å²) in [5.74, 6) is -0.969. The number of likely N-dealkylation sites (tertiary alicyclic amines) is 1. The van der Waals surface area contributed by atoms with E-state index in [-0.39, 0.29) is 24.4 Å². The summed E-state index contributed by atoms with van der Waals surface area (Å²) < 4.78 is 17.4. The van der Waals surface area contributed by atoms with Gasteiger partial charge in [-0.1, -0.05) is 39.3 Å². The van der Waals surface area contributed by atoms with Gasteiger partial charge in [0.15, 0.2) is 6.29 Å². The molecule has 2 fully saturated rings. The maximum absolute atomic E-state index is 13.9. The van der Waals surface area contributed by atoms with E-state index < -0.39 is 23.6 Å². The van der Waals surface area contributed by atoms with Gasteiger partial charge in [-0.05, 0) is 42.2 Å². The molecule has 3 atom stereocenters. The van der Waals surface area contributed by atoms with E-state index in [4.69, 9.17) is 14.2 Å². The minimum atomic E-state index is -0.846. The monoisotopic (exact) mass is 551 g/mol. The van der Waals surface area contributed by atoms with Gasteiger partial charge in [-0.15, -0.1) is 0 Å². The van der Waals surface area contributed by atoms with Gasteiger partial charge in [0.05, 0.1) is 44.2 Å². The highest BCUT2D eigenvalue weighted by Crippen LogP contribution is 2.45. The predicted molar refractivity (Wildman–Crippen MR) is 150 cm³/mol. The first-order valence-corrected chi connectivity index (χ1v) is 14.4. The summed E-state index contributed by atoms with van der Waals surface area (Å²) in [6.07, 6.45) is 6.16. The van der Waals surface area contributed by atoms with Crippen LogP contribution in [-0.2, 0) is 25.5 Å². The van der Waals surface area contributed by atoms with Crippen LogP contribution in [0.2, 0.25) is 0 Å². The summed E-state index contributed by atoms with van der Waals surface area (Å²) in [7, 11) is 0. The highest BCUT2D eigenvalue weighted by Gasteiger charge is 2.50. The molecule has 3 unspecified atom stereocenters. The van der Waals surface area contributed by atoms with Crippen molar-refractivity contribution in [3.05, 3.63) is 53.9 Å². The van der Waals surface area contributed by atoms with E-state index in [1.54, 1.807) is 17.3 Å². The molecule has 3 aliphatic heterocycles. The first-order valence-electron chi connectivity index (χ1n) is 14.4. The number of carbonyl (C=O) groups is 2. The molecular formula is C31H41N3O6. The molecule has 4 heterocycles. The number of pyridine rings is 1. The fourth-order valence-electron chi connectivity index (χ4n) is 6.45. The molecule has 0 radical (unpaired) electrons. The Bertz CT molecular complexity index is 1180. The number of ether oxygens (including phenoxy) is 3. The number of benzene rings is 1. The molecule has 3 aliphatic rings. The highest BCUT2D eigenvalue weighted by atomic mass is 16.7. The van der Waals surface area contributed by atoms with Crippen LogP contribution in [0.5, 0.6) is 5.75 Å². The molecule has 1 aromatic heterocycles. The Balaban J connectivity index is 1.46. The van der Waals surface area contributed by atoms with Crippen LogP contribution in [0.25, 0.3) is 0 Å². The molecule has 9 heteroatoms. The molecule has 0 saturated carbocycles. The standard InChI is InChI=1S/C31H41N3O6/c1-4-5-12-34(23-7-6-11-32-18-23)27(35)20-33-19-24(21-8-9-26-22(16-21)10-13-38-26)28(29(36)37)25(33)17-31(2,3)30-39-14-15-40-30/h6-9,11,16,18,24-25,28,30H,4-5,10,12-15,17,19-20H2,1-3H3,(H,36,37). The van der Waals surface area contributed by atoms with Crippen LogP contribution >= 0.6 is 0 Å². The summed E-state index contributed by atoms with van der Waals surface area (Å²) in [5, 5.41) is 10.6. The lowest BCUT2D eigenvalue weighted by atomic mass is 9.77. The molecule has 1 N–H and O–H groups in total. The lowest BCUT2D eigenvalue weighted by Gasteiger charge is -2.37. The maximum Gasteiger partial charge on any atom is 0.308 e. The van der Waals surface area contributed by atoms with Crippen molar-refractivity contribution in [2.45, 2.75) is 64.7 Å². The van der Waals surface area contributed by atoms with Crippen LogP contribution in [0.4, 0.5) is 5.69 Å². The van der Waals surface area contributed by atoms with E-state index in [1.165, 1.54) is 0 Å². The minimum Gasteiger partial charge on any atom is -0.493 e.